The first-order chi connectivity index (χ1) is 15.4. The van der Waals surface area contributed by atoms with Crippen molar-refractivity contribution in [2.24, 2.45) is 0 Å². The van der Waals surface area contributed by atoms with E-state index in [2.05, 4.69) is 21.2 Å². The molecule has 0 aliphatic heterocycles. The third-order valence-electron chi connectivity index (χ3n) is 5.15. The zero-order chi connectivity index (χ0) is 23.1. The van der Waals surface area contributed by atoms with E-state index in [0.717, 1.165) is 15.6 Å². The van der Waals surface area contributed by atoms with Crippen molar-refractivity contribution in [2.75, 3.05) is 7.05 Å². The summed E-state index contributed by atoms with van der Waals surface area (Å²) in [7, 11) is 1.54. The highest BCUT2D eigenvalue weighted by Crippen LogP contribution is 2.23. The summed E-state index contributed by atoms with van der Waals surface area (Å²) in [5.74, 6) is -1.23. The van der Waals surface area contributed by atoms with Crippen LogP contribution in [0.5, 0.6) is 0 Å². The number of halogens is 3. The summed E-state index contributed by atoms with van der Waals surface area (Å²) in [6.07, 6.45) is 0.0764. The quantitative estimate of drug-likeness (QED) is 0.448. The molecule has 0 saturated heterocycles. The Bertz CT molecular complexity index is 1070. The number of carbonyl (C=O) groups excluding carboxylic acids is 2. The molecule has 166 valence electrons. The largest absolute Gasteiger partial charge is 0.357 e. The summed E-state index contributed by atoms with van der Waals surface area (Å²) in [6, 6.07) is 20.5. The van der Waals surface area contributed by atoms with Crippen LogP contribution in [0.25, 0.3) is 0 Å². The van der Waals surface area contributed by atoms with E-state index in [-0.39, 0.29) is 35.4 Å². The topological polar surface area (TPSA) is 49.4 Å². The Labute approximate surface area is 200 Å². The highest BCUT2D eigenvalue weighted by atomic mass is 79.9. The number of rotatable bonds is 8. The van der Waals surface area contributed by atoms with Crippen LogP contribution in [-0.2, 0) is 29.0 Å². The van der Waals surface area contributed by atoms with Crippen molar-refractivity contribution in [3.63, 3.8) is 0 Å². The zero-order valence-corrected chi connectivity index (χ0v) is 19.9. The molecular formula is C25H23BrClFN2O2. The lowest BCUT2D eigenvalue weighted by Gasteiger charge is -2.31. The molecule has 1 atom stereocenters. The summed E-state index contributed by atoms with van der Waals surface area (Å²) >= 11 is 9.61. The van der Waals surface area contributed by atoms with Gasteiger partial charge in [-0.25, -0.2) is 4.39 Å². The van der Waals surface area contributed by atoms with Crippen molar-refractivity contribution in [3.8, 4) is 0 Å². The number of amides is 2. The molecule has 32 heavy (non-hydrogen) atoms. The lowest BCUT2D eigenvalue weighted by atomic mass is 10.0. The van der Waals surface area contributed by atoms with Gasteiger partial charge in [0.15, 0.2) is 0 Å². The van der Waals surface area contributed by atoms with Gasteiger partial charge in [0.1, 0.15) is 11.9 Å². The van der Waals surface area contributed by atoms with E-state index >= 15 is 0 Å². The van der Waals surface area contributed by atoms with Gasteiger partial charge in [0.2, 0.25) is 11.8 Å². The molecule has 3 aromatic rings. The Morgan fingerprint density at radius 1 is 1.03 bits per heavy atom. The van der Waals surface area contributed by atoms with Crippen LogP contribution in [-0.4, -0.2) is 29.8 Å². The zero-order valence-electron chi connectivity index (χ0n) is 17.5. The SMILES string of the molecule is CNC(=O)C(Cc1ccccc1)N(Cc1cccc(Br)c1)C(=O)Cc1c(F)cccc1Cl. The van der Waals surface area contributed by atoms with Crippen molar-refractivity contribution in [3.05, 3.63) is 105 Å². The fourth-order valence-corrected chi connectivity index (χ4v) is 4.18. The van der Waals surface area contributed by atoms with Gasteiger partial charge in [-0.3, -0.25) is 9.59 Å². The molecule has 4 nitrogen and oxygen atoms in total. The van der Waals surface area contributed by atoms with Crippen LogP contribution in [0.2, 0.25) is 5.02 Å². The van der Waals surface area contributed by atoms with Gasteiger partial charge in [0.05, 0.1) is 6.42 Å². The lowest BCUT2D eigenvalue weighted by Crippen LogP contribution is -2.50. The van der Waals surface area contributed by atoms with Crippen LogP contribution in [0.4, 0.5) is 4.39 Å². The molecule has 3 aromatic carbocycles. The van der Waals surface area contributed by atoms with Crippen molar-refractivity contribution >= 4 is 39.3 Å². The molecule has 0 bridgehead atoms. The van der Waals surface area contributed by atoms with Crippen molar-refractivity contribution in [1.29, 1.82) is 0 Å². The summed E-state index contributed by atoms with van der Waals surface area (Å²) in [4.78, 5) is 27.9. The third kappa shape index (κ3) is 6.17. The van der Waals surface area contributed by atoms with Gasteiger partial charge < -0.3 is 10.2 Å². The minimum atomic E-state index is -0.778. The molecule has 0 heterocycles. The van der Waals surface area contributed by atoms with E-state index in [1.165, 1.54) is 24.1 Å². The number of likely N-dealkylation sites (N-methyl/N-ethyl adjacent to an activating group) is 1. The highest BCUT2D eigenvalue weighted by molar-refractivity contribution is 9.10. The molecule has 0 radical (unpaired) electrons. The van der Waals surface area contributed by atoms with Gasteiger partial charge in [0.25, 0.3) is 0 Å². The lowest BCUT2D eigenvalue weighted by molar-refractivity contribution is -0.140. The van der Waals surface area contributed by atoms with Crippen LogP contribution in [0.1, 0.15) is 16.7 Å². The smallest absolute Gasteiger partial charge is 0.242 e. The maximum absolute atomic E-state index is 14.4. The monoisotopic (exact) mass is 516 g/mol. The second kappa shape index (κ2) is 11.2. The molecule has 1 N–H and O–H groups in total. The van der Waals surface area contributed by atoms with Gasteiger partial charge in [-0.1, -0.05) is 76.1 Å². The Balaban J connectivity index is 1.98. The van der Waals surface area contributed by atoms with Crippen molar-refractivity contribution in [1.82, 2.24) is 10.2 Å². The van der Waals surface area contributed by atoms with E-state index in [9.17, 15) is 14.0 Å². The number of benzene rings is 3. The summed E-state index contributed by atoms with van der Waals surface area (Å²) in [5.41, 5.74) is 1.88. The van der Waals surface area contributed by atoms with E-state index in [1.54, 1.807) is 6.07 Å². The molecule has 0 fully saturated rings. The number of nitrogens with one attached hydrogen (secondary N) is 1. The van der Waals surface area contributed by atoms with E-state index in [1.807, 2.05) is 54.6 Å². The maximum Gasteiger partial charge on any atom is 0.242 e. The van der Waals surface area contributed by atoms with Crippen LogP contribution in [0.3, 0.4) is 0 Å². The predicted octanol–water partition coefficient (Wildman–Crippen LogP) is 5.17. The number of hydrogen-bond donors (Lipinski definition) is 1. The Morgan fingerprint density at radius 3 is 2.38 bits per heavy atom. The van der Waals surface area contributed by atoms with Crippen molar-refractivity contribution in [2.45, 2.75) is 25.4 Å². The Kier molecular flexibility index (Phi) is 8.42. The van der Waals surface area contributed by atoms with Gasteiger partial charge >= 0.3 is 0 Å². The third-order valence-corrected chi connectivity index (χ3v) is 6.00. The average molecular weight is 518 g/mol. The molecule has 0 spiro atoms. The van der Waals surface area contributed by atoms with Crippen LogP contribution in [0.15, 0.2) is 77.3 Å². The maximum atomic E-state index is 14.4. The highest BCUT2D eigenvalue weighted by Gasteiger charge is 2.30. The minimum absolute atomic E-state index is 0.119. The summed E-state index contributed by atoms with van der Waals surface area (Å²) in [6.45, 7) is 0.190. The molecule has 0 aromatic heterocycles. The molecule has 2 amide bonds. The van der Waals surface area contributed by atoms with Crippen molar-refractivity contribution < 1.29 is 14.0 Å². The fourth-order valence-electron chi connectivity index (χ4n) is 3.51. The number of nitrogens with zero attached hydrogens (tertiary/aromatic N) is 1. The van der Waals surface area contributed by atoms with Gasteiger partial charge in [-0.15, -0.1) is 0 Å². The summed E-state index contributed by atoms with van der Waals surface area (Å²) in [5, 5.41) is 2.84. The number of hydrogen-bond acceptors (Lipinski definition) is 2. The standard InChI is InChI=1S/C25H23BrClFN2O2/c1-29-25(32)23(14-17-7-3-2-4-8-17)30(16-18-9-5-10-19(26)13-18)24(31)15-20-21(27)11-6-12-22(20)28/h2-13,23H,14-16H2,1H3,(H,29,32). The molecule has 3 rings (SSSR count). The molecule has 0 aliphatic carbocycles. The first-order valence-corrected chi connectivity index (χ1v) is 11.3. The van der Waals surface area contributed by atoms with Gasteiger partial charge in [0, 0.05) is 35.1 Å². The molecule has 0 aliphatic rings. The van der Waals surface area contributed by atoms with Crippen LogP contribution >= 0.6 is 27.5 Å². The molecule has 0 saturated carbocycles. The first-order valence-electron chi connectivity index (χ1n) is 10.1. The van der Waals surface area contributed by atoms with E-state index < -0.39 is 11.9 Å². The normalized spacial score (nSPS) is 11.6. The second-order valence-corrected chi connectivity index (χ2v) is 8.67. The molecular weight excluding hydrogens is 495 g/mol. The van der Waals surface area contributed by atoms with Crippen LogP contribution in [0, 0.1) is 5.82 Å². The summed E-state index contributed by atoms with van der Waals surface area (Å²) < 4.78 is 15.2. The Hall–Kier alpha value is -2.70. The Morgan fingerprint density at radius 2 is 1.72 bits per heavy atom. The second-order valence-electron chi connectivity index (χ2n) is 7.35. The first kappa shape index (κ1) is 24.0. The molecule has 7 heteroatoms. The average Bonchev–Trinajstić information content (AvgIpc) is 2.79. The van der Waals surface area contributed by atoms with Gasteiger partial charge in [-0.2, -0.15) is 0 Å². The van der Waals surface area contributed by atoms with E-state index in [0.29, 0.717) is 6.42 Å². The fraction of sp³-hybridized carbons (Fsp3) is 0.200. The van der Waals surface area contributed by atoms with Gasteiger partial charge in [-0.05, 0) is 35.4 Å². The van der Waals surface area contributed by atoms with E-state index in [4.69, 9.17) is 11.6 Å². The number of carbonyl (C=O) groups is 2. The predicted molar refractivity (Wildman–Crippen MR) is 128 cm³/mol. The minimum Gasteiger partial charge on any atom is -0.357 e. The molecule has 1 unspecified atom stereocenters. The van der Waals surface area contributed by atoms with Crippen LogP contribution < -0.4 is 5.32 Å².